The second kappa shape index (κ2) is 4.99. The van der Waals surface area contributed by atoms with Crippen molar-refractivity contribution in [3.63, 3.8) is 0 Å². The van der Waals surface area contributed by atoms with Gasteiger partial charge in [0.15, 0.2) is 0 Å². The lowest BCUT2D eigenvalue weighted by Crippen LogP contribution is -2.36. The van der Waals surface area contributed by atoms with Gasteiger partial charge in [-0.25, -0.2) is 9.97 Å². The smallest absolute Gasteiger partial charge is 0.227 e. The molecule has 2 unspecified atom stereocenters. The summed E-state index contributed by atoms with van der Waals surface area (Å²) in [7, 11) is 0. The van der Waals surface area contributed by atoms with E-state index in [9.17, 15) is 9.59 Å². The van der Waals surface area contributed by atoms with Crippen LogP contribution in [0, 0.1) is 23.2 Å². The first-order valence-corrected chi connectivity index (χ1v) is 8.59. The van der Waals surface area contributed by atoms with E-state index in [0.717, 1.165) is 31.9 Å². The van der Waals surface area contributed by atoms with E-state index in [1.807, 2.05) is 4.90 Å². The van der Waals surface area contributed by atoms with Gasteiger partial charge in [0.2, 0.25) is 11.8 Å². The van der Waals surface area contributed by atoms with Crippen molar-refractivity contribution >= 4 is 17.5 Å². The first kappa shape index (κ1) is 14.3. The molecule has 7 heteroatoms. The Hall–Kier alpha value is -2.02. The zero-order valence-electron chi connectivity index (χ0n) is 13.4. The molecule has 1 aromatic rings. The Morgan fingerprint density at radius 3 is 2.71 bits per heavy atom. The Bertz CT molecular complexity index is 686. The first-order valence-electron chi connectivity index (χ1n) is 8.59. The molecule has 0 aromatic carbocycles. The van der Waals surface area contributed by atoms with E-state index in [4.69, 9.17) is 4.74 Å². The number of likely N-dealkylation sites (tertiary alicyclic amines) is 1. The summed E-state index contributed by atoms with van der Waals surface area (Å²) in [6.07, 6.45) is 6.21. The zero-order chi connectivity index (χ0) is 16.3. The third kappa shape index (κ3) is 2.07. The van der Waals surface area contributed by atoms with Gasteiger partial charge in [-0.05, 0) is 18.3 Å². The lowest BCUT2D eigenvalue weighted by atomic mass is 9.86. The minimum Gasteiger partial charge on any atom is -0.381 e. The Morgan fingerprint density at radius 2 is 1.96 bits per heavy atom. The summed E-state index contributed by atoms with van der Waals surface area (Å²) in [5.41, 5.74) is 0.640. The fraction of sp³-hybridized carbons (Fsp3) is 0.647. The molecule has 0 radical (unpaired) electrons. The van der Waals surface area contributed by atoms with Gasteiger partial charge in [0.05, 0.1) is 31.3 Å². The molecule has 0 N–H and O–H groups in total. The summed E-state index contributed by atoms with van der Waals surface area (Å²) < 4.78 is 5.39. The van der Waals surface area contributed by atoms with Gasteiger partial charge in [-0.15, -0.1) is 0 Å². The van der Waals surface area contributed by atoms with Crippen LogP contribution >= 0.6 is 0 Å². The average Bonchev–Trinajstić information content (AvgIpc) is 2.98. The summed E-state index contributed by atoms with van der Waals surface area (Å²) >= 11 is 0. The van der Waals surface area contributed by atoms with Gasteiger partial charge in [-0.3, -0.25) is 9.59 Å². The predicted octanol–water partition coefficient (Wildman–Crippen LogP) is 0.324. The van der Waals surface area contributed by atoms with Gasteiger partial charge >= 0.3 is 0 Å². The van der Waals surface area contributed by atoms with Crippen molar-refractivity contribution in [2.24, 2.45) is 23.2 Å². The quantitative estimate of drug-likeness (QED) is 0.782. The van der Waals surface area contributed by atoms with E-state index in [2.05, 4.69) is 9.97 Å². The Labute approximate surface area is 140 Å². The summed E-state index contributed by atoms with van der Waals surface area (Å²) in [5, 5.41) is 0. The van der Waals surface area contributed by atoms with E-state index in [0.29, 0.717) is 31.3 Å². The molecular weight excluding hydrogens is 308 g/mol. The molecule has 0 bridgehead atoms. The van der Waals surface area contributed by atoms with Crippen molar-refractivity contribution < 1.29 is 14.3 Å². The summed E-state index contributed by atoms with van der Waals surface area (Å²) in [6, 6.07) is 0. The van der Waals surface area contributed by atoms with Crippen LogP contribution in [0.3, 0.4) is 0 Å². The molecule has 2 amide bonds. The molecule has 4 heterocycles. The van der Waals surface area contributed by atoms with Crippen LogP contribution in [-0.4, -0.2) is 59.5 Å². The second-order valence-corrected chi connectivity index (χ2v) is 7.65. The third-order valence-corrected chi connectivity index (χ3v) is 6.17. The van der Waals surface area contributed by atoms with Crippen molar-refractivity contribution in [3.8, 4) is 0 Å². The molecule has 4 fully saturated rings. The Kier molecular flexibility index (Phi) is 2.98. The molecule has 3 aliphatic heterocycles. The fourth-order valence-corrected chi connectivity index (χ4v) is 4.78. The van der Waals surface area contributed by atoms with Crippen molar-refractivity contribution in [3.05, 3.63) is 18.7 Å². The predicted molar refractivity (Wildman–Crippen MR) is 83.9 cm³/mol. The maximum atomic E-state index is 12.7. The molecule has 3 saturated heterocycles. The van der Waals surface area contributed by atoms with Gasteiger partial charge in [0.1, 0.15) is 6.33 Å². The number of hydrogen-bond acceptors (Lipinski definition) is 5. The van der Waals surface area contributed by atoms with Crippen LogP contribution in [0.25, 0.3) is 0 Å². The Morgan fingerprint density at radius 1 is 1.21 bits per heavy atom. The van der Waals surface area contributed by atoms with Gasteiger partial charge in [0.25, 0.3) is 0 Å². The van der Waals surface area contributed by atoms with E-state index < -0.39 is 0 Å². The van der Waals surface area contributed by atoms with Crippen molar-refractivity contribution in [1.82, 2.24) is 14.9 Å². The molecule has 4 aliphatic rings. The van der Waals surface area contributed by atoms with Crippen LogP contribution in [0.4, 0.5) is 5.69 Å². The topological polar surface area (TPSA) is 75.6 Å². The van der Waals surface area contributed by atoms with Crippen molar-refractivity contribution in [2.75, 3.05) is 37.7 Å². The zero-order valence-corrected chi connectivity index (χ0v) is 13.4. The Balaban J connectivity index is 1.29. The number of hydrogen-bond donors (Lipinski definition) is 0. The van der Waals surface area contributed by atoms with E-state index >= 15 is 0 Å². The number of carbonyl (C=O) groups is 2. The van der Waals surface area contributed by atoms with Gasteiger partial charge in [-0.1, -0.05) is 0 Å². The van der Waals surface area contributed by atoms with Crippen LogP contribution in [0.5, 0.6) is 0 Å². The summed E-state index contributed by atoms with van der Waals surface area (Å²) in [4.78, 5) is 37.0. The van der Waals surface area contributed by atoms with Crippen LogP contribution in [0.2, 0.25) is 0 Å². The van der Waals surface area contributed by atoms with Crippen LogP contribution in [0.1, 0.15) is 12.8 Å². The maximum absolute atomic E-state index is 12.7. The number of rotatable bonds is 2. The van der Waals surface area contributed by atoms with E-state index in [1.54, 1.807) is 17.3 Å². The molecule has 126 valence electrons. The molecular formula is C17H20N4O3. The molecule has 24 heavy (non-hydrogen) atoms. The third-order valence-electron chi connectivity index (χ3n) is 6.17. The standard InChI is InChI=1S/C17H20N4O3/c22-14-3-17(9-21(14)11-4-18-10-19-5-11)1-2-20(8-17)16(23)15-12-6-24-7-13(12)15/h4-5,10,12-13,15H,1-3,6-9H2/t12-,13+,15?,17?. The van der Waals surface area contributed by atoms with Crippen molar-refractivity contribution in [1.29, 1.82) is 0 Å². The normalized spacial score (nSPS) is 37.3. The highest BCUT2D eigenvalue weighted by atomic mass is 16.5. The van der Waals surface area contributed by atoms with Gasteiger partial charge in [0, 0.05) is 37.4 Å². The number of carbonyl (C=O) groups excluding carboxylic acids is 2. The van der Waals surface area contributed by atoms with Crippen LogP contribution in [0.15, 0.2) is 18.7 Å². The summed E-state index contributed by atoms with van der Waals surface area (Å²) in [6.45, 7) is 3.59. The first-order chi connectivity index (χ1) is 11.7. The van der Waals surface area contributed by atoms with Crippen LogP contribution in [-0.2, 0) is 14.3 Å². The lowest BCUT2D eigenvalue weighted by molar-refractivity contribution is -0.133. The molecule has 1 spiro atoms. The highest BCUT2D eigenvalue weighted by molar-refractivity contribution is 5.96. The fourth-order valence-electron chi connectivity index (χ4n) is 4.78. The molecule has 4 atom stereocenters. The maximum Gasteiger partial charge on any atom is 0.227 e. The highest BCUT2D eigenvalue weighted by Gasteiger charge is 2.60. The lowest BCUT2D eigenvalue weighted by Gasteiger charge is -2.24. The minimum absolute atomic E-state index is 0.107. The average molecular weight is 328 g/mol. The SMILES string of the molecule is O=C(C1[C@H]2COC[C@@H]12)N1CCC2(CC(=O)N(c3cncnc3)C2)C1. The monoisotopic (exact) mass is 328 g/mol. The molecule has 7 nitrogen and oxygen atoms in total. The highest BCUT2D eigenvalue weighted by Crippen LogP contribution is 2.52. The molecule has 1 aliphatic carbocycles. The largest absolute Gasteiger partial charge is 0.381 e. The van der Waals surface area contributed by atoms with E-state index in [-0.39, 0.29) is 23.1 Å². The van der Waals surface area contributed by atoms with Gasteiger partial charge in [-0.2, -0.15) is 0 Å². The molecule has 5 rings (SSSR count). The molecule has 1 aromatic heterocycles. The number of amides is 2. The number of fused-ring (bicyclic) bond motifs is 1. The number of ether oxygens (including phenoxy) is 1. The minimum atomic E-state index is -0.108. The second-order valence-electron chi connectivity index (χ2n) is 7.65. The van der Waals surface area contributed by atoms with E-state index in [1.165, 1.54) is 6.33 Å². The number of aromatic nitrogens is 2. The van der Waals surface area contributed by atoms with Crippen LogP contribution < -0.4 is 4.90 Å². The molecule has 1 saturated carbocycles. The number of anilines is 1. The van der Waals surface area contributed by atoms with Gasteiger partial charge < -0.3 is 14.5 Å². The number of nitrogens with zero attached hydrogens (tertiary/aromatic N) is 4. The van der Waals surface area contributed by atoms with Crippen molar-refractivity contribution in [2.45, 2.75) is 12.8 Å². The summed E-state index contributed by atoms with van der Waals surface area (Å²) in [5.74, 6) is 1.44.